The van der Waals surface area contributed by atoms with E-state index in [0.29, 0.717) is 12.8 Å². The van der Waals surface area contributed by atoms with E-state index < -0.39 is 28.4 Å². The van der Waals surface area contributed by atoms with Crippen molar-refractivity contribution in [3.8, 4) is 11.8 Å². The van der Waals surface area contributed by atoms with E-state index in [4.69, 9.17) is 9.47 Å². The van der Waals surface area contributed by atoms with E-state index >= 15 is 0 Å². The zero-order chi connectivity index (χ0) is 20.0. The first kappa shape index (κ1) is 20.2. The number of ether oxygens (including phenoxy) is 2. The van der Waals surface area contributed by atoms with Crippen molar-refractivity contribution < 1.29 is 24.0 Å². The average molecular weight is 375 g/mol. The molecule has 144 valence electrons. The molecule has 1 atom stereocenters. The van der Waals surface area contributed by atoms with Gasteiger partial charge in [-0.1, -0.05) is 19.3 Å². The number of carbonyl (C=O) groups excluding carboxylic acids is 2. The third-order valence-electron chi connectivity index (χ3n) is 4.55. The molecule has 0 spiro atoms. The minimum atomic E-state index is -1.17. The molecule has 0 unspecified atom stereocenters. The lowest BCUT2D eigenvalue weighted by Gasteiger charge is -2.32. The Morgan fingerprint density at radius 3 is 2.56 bits per heavy atom. The maximum Gasteiger partial charge on any atom is 0.342 e. The monoisotopic (exact) mass is 375 g/mol. The Hall–Kier alpha value is -3.15. The molecule has 1 aliphatic carbocycles. The topological polar surface area (TPSA) is 132 Å². The van der Waals surface area contributed by atoms with Crippen molar-refractivity contribution in [1.29, 1.82) is 5.26 Å². The summed E-state index contributed by atoms with van der Waals surface area (Å²) >= 11 is 0. The van der Waals surface area contributed by atoms with Gasteiger partial charge in [-0.15, -0.1) is 0 Å². The number of nitrogens with zero attached hydrogens (tertiary/aromatic N) is 2. The number of benzene rings is 1. The fraction of sp³-hybridized carbons (Fsp3) is 0.500. The molecule has 1 aromatic carbocycles. The quantitative estimate of drug-likeness (QED) is 0.459. The van der Waals surface area contributed by atoms with Gasteiger partial charge in [0.1, 0.15) is 16.9 Å². The number of nitriles is 1. The lowest BCUT2D eigenvalue weighted by atomic mass is 9.83. The highest BCUT2D eigenvalue weighted by atomic mass is 16.6. The van der Waals surface area contributed by atoms with Crippen LogP contribution in [0.1, 0.15) is 49.4 Å². The molecule has 1 aliphatic rings. The summed E-state index contributed by atoms with van der Waals surface area (Å²) in [6.45, 7) is 1.38. The zero-order valence-corrected chi connectivity index (χ0v) is 15.2. The summed E-state index contributed by atoms with van der Waals surface area (Å²) in [5.41, 5.74) is -1.40. The van der Waals surface area contributed by atoms with Gasteiger partial charge in [0.2, 0.25) is 0 Å². The smallest absolute Gasteiger partial charge is 0.342 e. The van der Waals surface area contributed by atoms with Crippen LogP contribution in [0.3, 0.4) is 0 Å². The van der Waals surface area contributed by atoms with Crippen LogP contribution in [0.2, 0.25) is 0 Å². The molecule has 0 aliphatic heterocycles. The van der Waals surface area contributed by atoms with E-state index in [1.807, 2.05) is 0 Å². The molecule has 0 radical (unpaired) electrons. The van der Waals surface area contributed by atoms with Crippen LogP contribution in [-0.4, -0.2) is 35.6 Å². The lowest BCUT2D eigenvalue weighted by Crippen LogP contribution is -2.52. The van der Waals surface area contributed by atoms with Crippen molar-refractivity contribution >= 4 is 17.6 Å². The maximum absolute atomic E-state index is 12.4. The van der Waals surface area contributed by atoms with Gasteiger partial charge in [-0.2, -0.15) is 5.26 Å². The second-order valence-electron chi connectivity index (χ2n) is 6.43. The fourth-order valence-electron chi connectivity index (χ4n) is 3.00. The van der Waals surface area contributed by atoms with Gasteiger partial charge < -0.3 is 14.8 Å². The number of nitro benzene ring substituents is 1. The number of nitro groups is 1. The third kappa shape index (κ3) is 4.73. The van der Waals surface area contributed by atoms with Gasteiger partial charge in [0, 0.05) is 12.1 Å². The van der Waals surface area contributed by atoms with Gasteiger partial charge in [-0.05, 0) is 25.8 Å². The normalized spacial score (nSPS) is 16.5. The van der Waals surface area contributed by atoms with Crippen molar-refractivity contribution in [1.82, 2.24) is 5.32 Å². The van der Waals surface area contributed by atoms with Crippen LogP contribution in [-0.2, 0) is 9.53 Å². The molecule has 27 heavy (non-hydrogen) atoms. The van der Waals surface area contributed by atoms with Crippen molar-refractivity contribution in [2.24, 2.45) is 0 Å². The van der Waals surface area contributed by atoms with Gasteiger partial charge in [0.15, 0.2) is 6.10 Å². The first-order valence-corrected chi connectivity index (χ1v) is 8.58. The molecule has 1 fully saturated rings. The maximum atomic E-state index is 12.4. The Bertz CT molecular complexity index is 780. The largest absolute Gasteiger partial charge is 0.496 e. The molecular formula is C18H21N3O6. The van der Waals surface area contributed by atoms with E-state index in [1.54, 1.807) is 0 Å². The number of amides is 1. The van der Waals surface area contributed by atoms with Crippen molar-refractivity contribution in [2.45, 2.75) is 50.7 Å². The number of rotatable bonds is 6. The first-order chi connectivity index (χ1) is 12.8. The Kier molecular flexibility index (Phi) is 6.34. The Morgan fingerprint density at radius 2 is 2.00 bits per heavy atom. The molecule has 1 saturated carbocycles. The van der Waals surface area contributed by atoms with E-state index in [1.165, 1.54) is 26.2 Å². The summed E-state index contributed by atoms with van der Waals surface area (Å²) in [6, 6.07) is 5.67. The molecule has 9 nitrogen and oxygen atoms in total. The standard InChI is InChI=1S/C18H21N3O6/c1-12(16(22)20-18(11-19)8-4-3-5-9-18)27-17(23)14-10-13(21(24)25)6-7-15(14)26-2/h6-7,10,12H,3-5,8-9H2,1-2H3,(H,20,22)/t12-/m1/s1. The van der Waals surface area contributed by atoms with Crippen molar-refractivity contribution in [2.75, 3.05) is 7.11 Å². The number of esters is 1. The van der Waals surface area contributed by atoms with Crippen LogP contribution in [0.25, 0.3) is 0 Å². The van der Waals surface area contributed by atoms with E-state index in [9.17, 15) is 25.0 Å². The van der Waals surface area contributed by atoms with E-state index in [2.05, 4.69) is 11.4 Å². The minimum Gasteiger partial charge on any atom is -0.496 e. The Labute approximate surface area is 156 Å². The Morgan fingerprint density at radius 1 is 1.33 bits per heavy atom. The molecule has 0 saturated heterocycles. The minimum absolute atomic E-state index is 0.0963. The lowest BCUT2D eigenvalue weighted by molar-refractivity contribution is -0.384. The molecular weight excluding hydrogens is 354 g/mol. The highest BCUT2D eigenvalue weighted by Crippen LogP contribution is 2.28. The zero-order valence-electron chi connectivity index (χ0n) is 15.2. The molecule has 9 heteroatoms. The molecule has 1 amide bonds. The summed E-state index contributed by atoms with van der Waals surface area (Å²) in [4.78, 5) is 35.0. The van der Waals surface area contributed by atoms with Crippen LogP contribution >= 0.6 is 0 Å². The second-order valence-corrected chi connectivity index (χ2v) is 6.43. The van der Waals surface area contributed by atoms with Crippen LogP contribution in [0.5, 0.6) is 5.75 Å². The average Bonchev–Trinajstić information content (AvgIpc) is 2.67. The van der Waals surface area contributed by atoms with E-state index in [-0.39, 0.29) is 17.0 Å². The molecule has 1 aromatic rings. The fourth-order valence-corrected chi connectivity index (χ4v) is 3.00. The number of hydrogen-bond donors (Lipinski definition) is 1. The van der Waals surface area contributed by atoms with Crippen LogP contribution < -0.4 is 10.1 Å². The van der Waals surface area contributed by atoms with Gasteiger partial charge in [-0.25, -0.2) is 4.79 Å². The van der Waals surface area contributed by atoms with Gasteiger partial charge >= 0.3 is 5.97 Å². The van der Waals surface area contributed by atoms with Crippen LogP contribution in [0, 0.1) is 21.4 Å². The summed E-state index contributed by atoms with van der Waals surface area (Å²) < 4.78 is 10.2. The third-order valence-corrected chi connectivity index (χ3v) is 4.55. The SMILES string of the molecule is COc1ccc([N+](=O)[O-])cc1C(=O)O[C@H](C)C(=O)NC1(C#N)CCCCC1. The summed E-state index contributed by atoms with van der Waals surface area (Å²) in [5, 5.41) is 23.0. The number of methoxy groups -OCH3 is 1. The number of nitrogens with one attached hydrogen (secondary N) is 1. The summed E-state index contributed by atoms with van der Waals surface area (Å²) in [7, 11) is 1.31. The highest BCUT2D eigenvalue weighted by Gasteiger charge is 2.35. The summed E-state index contributed by atoms with van der Waals surface area (Å²) in [6.07, 6.45) is 2.62. The van der Waals surface area contributed by atoms with Crippen LogP contribution in [0.15, 0.2) is 18.2 Å². The predicted molar refractivity (Wildman–Crippen MR) is 94.1 cm³/mol. The van der Waals surface area contributed by atoms with Crippen LogP contribution in [0.4, 0.5) is 5.69 Å². The predicted octanol–water partition coefficient (Wildman–Crippen LogP) is 2.49. The van der Waals surface area contributed by atoms with Gasteiger partial charge in [0.25, 0.3) is 11.6 Å². The Balaban J connectivity index is 2.10. The number of hydrogen-bond acceptors (Lipinski definition) is 7. The second kappa shape index (κ2) is 8.49. The summed E-state index contributed by atoms with van der Waals surface area (Å²) in [5.74, 6) is -1.41. The number of carbonyl (C=O) groups is 2. The van der Waals surface area contributed by atoms with Gasteiger partial charge in [0.05, 0.1) is 18.1 Å². The van der Waals surface area contributed by atoms with Crippen molar-refractivity contribution in [3.05, 3.63) is 33.9 Å². The first-order valence-electron chi connectivity index (χ1n) is 8.58. The molecule has 0 aromatic heterocycles. The molecule has 0 bridgehead atoms. The van der Waals surface area contributed by atoms with E-state index in [0.717, 1.165) is 25.3 Å². The number of non-ortho nitro benzene ring substituents is 1. The molecule has 1 N–H and O–H groups in total. The van der Waals surface area contributed by atoms with Gasteiger partial charge in [-0.3, -0.25) is 14.9 Å². The highest BCUT2D eigenvalue weighted by molar-refractivity contribution is 5.95. The van der Waals surface area contributed by atoms with Crippen molar-refractivity contribution in [3.63, 3.8) is 0 Å². The molecule has 2 rings (SSSR count). The molecule has 0 heterocycles.